The van der Waals surface area contributed by atoms with Crippen LogP contribution in [0.5, 0.6) is 5.75 Å². The molecule has 180 valence electrons. The van der Waals surface area contributed by atoms with E-state index in [0.717, 1.165) is 48.5 Å². The number of methoxy groups -OCH3 is 1. The van der Waals surface area contributed by atoms with Gasteiger partial charge in [0.05, 0.1) is 18.2 Å². The molecular weight excluding hydrogens is 434 g/mol. The van der Waals surface area contributed by atoms with Gasteiger partial charge in [0.1, 0.15) is 17.1 Å². The fourth-order valence-corrected chi connectivity index (χ4v) is 4.79. The zero-order chi connectivity index (χ0) is 23.7. The number of rotatable bonds is 5. The molecule has 5 rings (SSSR count). The minimum atomic E-state index is -0.642. The van der Waals surface area contributed by atoms with Crippen molar-refractivity contribution in [3.8, 4) is 5.75 Å². The van der Waals surface area contributed by atoms with Crippen molar-refractivity contribution < 1.29 is 19.4 Å². The van der Waals surface area contributed by atoms with Crippen molar-refractivity contribution in [2.24, 2.45) is 0 Å². The molecule has 9 heteroatoms. The Hall–Kier alpha value is -3.17. The monoisotopic (exact) mass is 465 g/mol. The highest BCUT2D eigenvalue weighted by atomic mass is 16.5. The van der Waals surface area contributed by atoms with Gasteiger partial charge in [-0.1, -0.05) is 6.07 Å². The molecule has 2 fully saturated rings. The second-order valence-corrected chi connectivity index (χ2v) is 9.39. The summed E-state index contributed by atoms with van der Waals surface area (Å²) in [7, 11) is 1.63. The average molecular weight is 466 g/mol. The van der Waals surface area contributed by atoms with E-state index in [1.807, 2.05) is 13.0 Å². The molecule has 2 saturated heterocycles. The number of ether oxygens (including phenoxy) is 2. The minimum Gasteiger partial charge on any atom is -0.494 e. The third-order valence-corrected chi connectivity index (χ3v) is 6.92. The fraction of sp³-hybridized carbons (Fsp3) is 0.480. The van der Waals surface area contributed by atoms with Crippen LogP contribution in [0.2, 0.25) is 0 Å². The number of aromatic amines is 1. The van der Waals surface area contributed by atoms with Crippen LogP contribution in [0.25, 0.3) is 11.0 Å². The number of pyridine rings is 1. The molecule has 34 heavy (non-hydrogen) atoms. The van der Waals surface area contributed by atoms with E-state index in [4.69, 9.17) is 14.5 Å². The molecule has 1 amide bonds. The van der Waals surface area contributed by atoms with Crippen molar-refractivity contribution in [1.82, 2.24) is 15.0 Å². The minimum absolute atomic E-state index is 0.265. The molecule has 2 aliphatic heterocycles. The Morgan fingerprint density at radius 2 is 2.03 bits per heavy atom. The highest BCUT2D eigenvalue weighted by Gasteiger charge is 2.28. The van der Waals surface area contributed by atoms with Crippen molar-refractivity contribution in [1.29, 1.82) is 0 Å². The Labute approximate surface area is 198 Å². The van der Waals surface area contributed by atoms with E-state index in [1.165, 1.54) is 0 Å². The lowest BCUT2D eigenvalue weighted by Crippen LogP contribution is -2.42. The third-order valence-electron chi connectivity index (χ3n) is 6.92. The molecule has 0 radical (unpaired) electrons. The van der Waals surface area contributed by atoms with Gasteiger partial charge < -0.3 is 24.5 Å². The van der Waals surface area contributed by atoms with E-state index in [2.05, 4.69) is 26.3 Å². The lowest BCUT2D eigenvalue weighted by Gasteiger charge is -2.36. The summed E-state index contributed by atoms with van der Waals surface area (Å²) >= 11 is 0. The second-order valence-electron chi connectivity index (χ2n) is 9.39. The molecule has 2 aliphatic rings. The number of benzene rings is 1. The average Bonchev–Trinajstić information content (AvgIpc) is 3.27. The number of aromatic nitrogens is 3. The maximum Gasteiger partial charge on any atom is 0.258 e. The maximum atomic E-state index is 13.1. The van der Waals surface area contributed by atoms with Gasteiger partial charge in [-0.3, -0.25) is 10.1 Å². The van der Waals surface area contributed by atoms with Gasteiger partial charge in [-0.15, -0.1) is 0 Å². The van der Waals surface area contributed by atoms with Crippen LogP contribution in [0, 0.1) is 0 Å². The van der Waals surface area contributed by atoms with Crippen molar-refractivity contribution >= 4 is 28.7 Å². The van der Waals surface area contributed by atoms with E-state index in [9.17, 15) is 9.90 Å². The first-order chi connectivity index (χ1) is 16.4. The number of carbonyl (C=O) groups excluding carboxylic acids is 1. The van der Waals surface area contributed by atoms with Gasteiger partial charge in [0.2, 0.25) is 5.95 Å². The molecule has 0 unspecified atom stereocenters. The second kappa shape index (κ2) is 9.23. The normalized spacial score (nSPS) is 18.7. The van der Waals surface area contributed by atoms with Crippen LogP contribution in [0.15, 0.2) is 30.5 Å². The molecule has 2 aromatic heterocycles. The number of nitrogens with zero attached hydrogens (tertiary/aromatic N) is 3. The summed E-state index contributed by atoms with van der Waals surface area (Å²) in [6, 6.07) is 7.48. The number of piperidine rings is 1. The maximum absolute atomic E-state index is 13.1. The van der Waals surface area contributed by atoms with Crippen molar-refractivity contribution in [2.45, 2.75) is 44.1 Å². The van der Waals surface area contributed by atoms with Crippen molar-refractivity contribution in [3.63, 3.8) is 0 Å². The topological polar surface area (TPSA) is 113 Å². The standard InChI is InChI=1S/C25H31N5O4/c1-25(32)8-11-30(12-9-25)20-15-17(5-10-26-20)23(31)29-24-27-21-18(16-6-13-34-14-7-16)3-4-19(33-2)22(21)28-24/h3-5,10,15-16,32H,6-9,11-14H2,1-2H3,(H2,27,28,29,31). The number of nitrogens with one attached hydrogen (secondary N) is 2. The van der Waals surface area contributed by atoms with E-state index in [1.54, 1.807) is 25.4 Å². The molecule has 0 bridgehead atoms. The van der Waals surface area contributed by atoms with Gasteiger partial charge in [0, 0.05) is 38.1 Å². The summed E-state index contributed by atoms with van der Waals surface area (Å²) in [5.74, 6) is 1.90. The van der Waals surface area contributed by atoms with E-state index in [0.29, 0.717) is 49.1 Å². The quantitative estimate of drug-likeness (QED) is 0.529. The fourth-order valence-electron chi connectivity index (χ4n) is 4.79. The number of carbonyl (C=O) groups is 1. The lowest BCUT2D eigenvalue weighted by molar-refractivity contribution is 0.0350. The Kier molecular flexibility index (Phi) is 6.14. The first-order valence-corrected chi connectivity index (χ1v) is 11.8. The molecule has 4 heterocycles. The number of fused-ring (bicyclic) bond motifs is 1. The summed E-state index contributed by atoms with van der Waals surface area (Å²) < 4.78 is 11.0. The molecule has 9 nitrogen and oxygen atoms in total. The van der Waals surface area contributed by atoms with E-state index < -0.39 is 5.60 Å². The summed E-state index contributed by atoms with van der Waals surface area (Å²) in [4.78, 5) is 27.6. The van der Waals surface area contributed by atoms with Crippen molar-refractivity contribution in [2.75, 3.05) is 43.6 Å². The molecule has 0 spiro atoms. The van der Waals surface area contributed by atoms with Crippen LogP contribution < -0.4 is 15.0 Å². The molecule has 0 saturated carbocycles. The van der Waals surface area contributed by atoms with Crippen LogP contribution in [-0.4, -0.2) is 65.0 Å². The van der Waals surface area contributed by atoms with Crippen LogP contribution in [-0.2, 0) is 4.74 Å². The molecule has 0 atom stereocenters. The van der Waals surface area contributed by atoms with Gasteiger partial charge in [-0.2, -0.15) is 0 Å². The Bertz CT molecular complexity index is 1180. The first-order valence-electron chi connectivity index (χ1n) is 11.8. The smallest absolute Gasteiger partial charge is 0.258 e. The van der Waals surface area contributed by atoms with Gasteiger partial charge in [-0.05, 0) is 62.3 Å². The van der Waals surface area contributed by atoms with Crippen LogP contribution in [0.1, 0.15) is 54.4 Å². The van der Waals surface area contributed by atoms with E-state index >= 15 is 0 Å². The van der Waals surface area contributed by atoms with Crippen LogP contribution >= 0.6 is 0 Å². The van der Waals surface area contributed by atoms with E-state index in [-0.39, 0.29) is 5.91 Å². The summed E-state index contributed by atoms with van der Waals surface area (Å²) in [6.45, 7) is 4.74. The Morgan fingerprint density at radius 3 is 2.76 bits per heavy atom. The third kappa shape index (κ3) is 4.58. The lowest BCUT2D eigenvalue weighted by atomic mass is 9.90. The van der Waals surface area contributed by atoms with Gasteiger partial charge >= 0.3 is 0 Å². The number of aliphatic hydroxyl groups is 1. The summed E-state index contributed by atoms with van der Waals surface area (Å²) in [5.41, 5.74) is 2.59. The predicted molar refractivity (Wildman–Crippen MR) is 130 cm³/mol. The van der Waals surface area contributed by atoms with Gasteiger partial charge in [-0.25, -0.2) is 9.97 Å². The highest BCUT2D eigenvalue weighted by Crippen LogP contribution is 2.36. The Balaban J connectivity index is 1.37. The summed E-state index contributed by atoms with van der Waals surface area (Å²) in [5, 5.41) is 13.1. The number of amides is 1. The molecule has 0 aliphatic carbocycles. The number of hydrogen-bond acceptors (Lipinski definition) is 7. The largest absolute Gasteiger partial charge is 0.494 e. The van der Waals surface area contributed by atoms with Crippen LogP contribution in [0.3, 0.4) is 0 Å². The molecule has 3 N–H and O–H groups in total. The van der Waals surface area contributed by atoms with Crippen LogP contribution in [0.4, 0.5) is 11.8 Å². The number of imidazole rings is 1. The molecular formula is C25H31N5O4. The predicted octanol–water partition coefficient (Wildman–Crippen LogP) is 3.46. The SMILES string of the molecule is COc1ccc(C2CCOCC2)c2nc(NC(=O)c3ccnc(N4CCC(C)(O)CC4)c3)[nH]c12. The first kappa shape index (κ1) is 22.6. The molecule has 3 aromatic rings. The van der Waals surface area contributed by atoms with Gasteiger partial charge in [0.25, 0.3) is 5.91 Å². The molecule has 1 aromatic carbocycles. The number of H-pyrrole nitrogens is 1. The van der Waals surface area contributed by atoms with Gasteiger partial charge in [0.15, 0.2) is 0 Å². The summed E-state index contributed by atoms with van der Waals surface area (Å²) in [6.07, 6.45) is 4.87. The number of hydrogen-bond donors (Lipinski definition) is 3. The number of anilines is 2. The zero-order valence-corrected chi connectivity index (χ0v) is 19.6. The zero-order valence-electron chi connectivity index (χ0n) is 19.6. The Morgan fingerprint density at radius 1 is 1.26 bits per heavy atom. The highest BCUT2D eigenvalue weighted by molar-refractivity contribution is 6.04. The van der Waals surface area contributed by atoms with Crippen molar-refractivity contribution in [3.05, 3.63) is 41.6 Å².